The zero-order chi connectivity index (χ0) is 21.2. The van der Waals surface area contributed by atoms with Gasteiger partial charge in [0.2, 0.25) is 5.91 Å². The first-order valence-electron chi connectivity index (χ1n) is 10.1. The van der Waals surface area contributed by atoms with Crippen molar-refractivity contribution in [1.82, 2.24) is 25.0 Å². The first kappa shape index (κ1) is 19.9. The number of carbonyl (C=O) groups excluding carboxylic acids is 2. The standard InChI is InChI=1S/C21H24ClN5O2S/c1-11-10-30-19(24-11)15-18-17-14(20(28)26(3)21(29)25(17)2)16(27(18)8-7-23-15)12-5-4-6-13(22)9-12/h4-6,9-10,14-18,23H,7-8H2,1-3H3. The van der Waals surface area contributed by atoms with Crippen LogP contribution < -0.4 is 5.32 Å². The van der Waals surface area contributed by atoms with Crippen LogP contribution in [-0.4, -0.2) is 70.9 Å². The first-order chi connectivity index (χ1) is 14.4. The Balaban J connectivity index is 1.66. The van der Waals surface area contributed by atoms with Crippen molar-refractivity contribution < 1.29 is 9.59 Å². The number of halogens is 1. The second-order valence-electron chi connectivity index (χ2n) is 8.29. The van der Waals surface area contributed by atoms with Gasteiger partial charge in [0.1, 0.15) is 5.01 Å². The number of nitrogens with one attached hydrogen (secondary N) is 1. The number of aromatic nitrogens is 1. The van der Waals surface area contributed by atoms with Crippen molar-refractivity contribution in [3.05, 3.63) is 50.9 Å². The number of piperazine rings is 1. The molecule has 1 aromatic heterocycles. The van der Waals surface area contributed by atoms with E-state index in [1.54, 1.807) is 30.3 Å². The second-order valence-corrected chi connectivity index (χ2v) is 9.62. The maximum absolute atomic E-state index is 13.4. The van der Waals surface area contributed by atoms with E-state index >= 15 is 0 Å². The van der Waals surface area contributed by atoms with Crippen molar-refractivity contribution in [3.8, 4) is 0 Å². The molecule has 9 heteroatoms. The van der Waals surface area contributed by atoms with Crippen molar-refractivity contribution >= 4 is 34.9 Å². The number of likely N-dealkylation sites (N-methyl/N-ethyl adjacent to an activating group) is 1. The van der Waals surface area contributed by atoms with E-state index in [0.717, 1.165) is 29.4 Å². The van der Waals surface area contributed by atoms with Gasteiger partial charge in [-0.15, -0.1) is 11.3 Å². The molecule has 0 radical (unpaired) electrons. The maximum atomic E-state index is 13.4. The molecule has 4 heterocycles. The minimum absolute atomic E-state index is 0.0411. The van der Waals surface area contributed by atoms with E-state index in [0.29, 0.717) is 5.02 Å². The molecule has 3 fully saturated rings. The van der Waals surface area contributed by atoms with Gasteiger partial charge in [0.25, 0.3) is 0 Å². The van der Waals surface area contributed by atoms with Crippen LogP contribution in [0.4, 0.5) is 4.79 Å². The van der Waals surface area contributed by atoms with E-state index in [1.807, 2.05) is 36.6 Å². The van der Waals surface area contributed by atoms with E-state index in [1.165, 1.54) is 4.90 Å². The third-order valence-corrected chi connectivity index (χ3v) is 7.90. The summed E-state index contributed by atoms with van der Waals surface area (Å²) in [5.74, 6) is -0.485. The Hall–Kier alpha value is -2.00. The first-order valence-corrected chi connectivity index (χ1v) is 11.3. The van der Waals surface area contributed by atoms with Gasteiger partial charge in [-0.25, -0.2) is 9.78 Å². The lowest BCUT2D eigenvalue weighted by Gasteiger charge is -2.44. The molecule has 0 spiro atoms. The lowest BCUT2D eigenvalue weighted by Crippen LogP contribution is -2.63. The molecule has 5 unspecified atom stereocenters. The summed E-state index contributed by atoms with van der Waals surface area (Å²) in [7, 11) is 3.38. The molecule has 0 aliphatic carbocycles. The average molecular weight is 446 g/mol. The number of aryl methyl sites for hydroxylation is 1. The molecule has 30 heavy (non-hydrogen) atoms. The van der Waals surface area contributed by atoms with Gasteiger partial charge in [0.15, 0.2) is 0 Å². The second kappa shape index (κ2) is 7.30. The van der Waals surface area contributed by atoms with E-state index in [9.17, 15) is 9.59 Å². The lowest BCUT2D eigenvalue weighted by atomic mass is 9.84. The zero-order valence-electron chi connectivity index (χ0n) is 17.1. The summed E-state index contributed by atoms with van der Waals surface area (Å²) < 4.78 is 0. The average Bonchev–Trinajstić information content (AvgIpc) is 3.32. The SMILES string of the molecule is Cc1csc(C2NCCN3C(c4cccc(Cl)c4)C4C(=O)N(C)C(=O)N(C)C4C23)n1. The van der Waals surface area contributed by atoms with Crippen LogP contribution in [0.3, 0.4) is 0 Å². The third-order valence-electron chi connectivity index (χ3n) is 6.62. The predicted molar refractivity (Wildman–Crippen MR) is 115 cm³/mol. The van der Waals surface area contributed by atoms with Crippen LogP contribution >= 0.6 is 22.9 Å². The number of imide groups is 1. The molecule has 5 atom stereocenters. The summed E-state index contributed by atoms with van der Waals surface area (Å²) in [6.45, 7) is 3.56. The van der Waals surface area contributed by atoms with Gasteiger partial charge < -0.3 is 10.2 Å². The van der Waals surface area contributed by atoms with Crippen LogP contribution in [0.5, 0.6) is 0 Å². The summed E-state index contributed by atoms with van der Waals surface area (Å²) in [4.78, 5) is 36.4. The van der Waals surface area contributed by atoms with Gasteiger partial charge in [-0.1, -0.05) is 23.7 Å². The highest BCUT2D eigenvalue weighted by Crippen LogP contribution is 2.50. The fraction of sp³-hybridized carbons (Fsp3) is 0.476. The number of hydrogen-bond donors (Lipinski definition) is 1. The van der Waals surface area contributed by atoms with Crippen LogP contribution in [-0.2, 0) is 4.79 Å². The Bertz CT molecular complexity index is 1010. The van der Waals surface area contributed by atoms with Crippen molar-refractivity contribution in [2.45, 2.75) is 31.1 Å². The largest absolute Gasteiger partial charge is 0.326 e. The normalized spacial score (nSPS) is 31.8. The van der Waals surface area contributed by atoms with Gasteiger partial charge in [-0.3, -0.25) is 14.6 Å². The minimum atomic E-state index is -0.357. The third kappa shape index (κ3) is 2.89. The van der Waals surface area contributed by atoms with E-state index in [2.05, 4.69) is 10.2 Å². The van der Waals surface area contributed by atoms with Crippen molar-refractivity contribution in [3.63, 3.8) is 0 Å². The van der Waals surface area contributed by atoms with Gasteiger partial charge in [-0.05, 0) is 24.6 Å². The number of urea groups is 1. The molecular weight excluding hydrogens is 422 g/mol. The van der Waals surface area contributed by atoms with Crippen LogP contribution in [0.2, 0.25) is 5.02 Å². The molecule has 0 saturated carbocycles. The molecule has 7 nitrogen and oxygen atoms in total. The van der Waals surface area contributed by atoms with E-state index < -0.39 is 0 Å². The molecule has 3 amide bonds. The summed E-state index contributed by atoms with van der Waals surface area (Å²) in [5.41, 5.74) is 2.00. The van der Waals surface area contributed by atoms with E-state index in [4.69, 9.17) is 16.6 Å². The number of benzene rings is 1. The van der Waals surface area contributed by atoms with Crippen molar-refractivity contribution in [2.75, 3.05) is 27.2 Å². The Morgan fingerprint density at radius 1 is 1.23 bits per heavy atom. The molecule has 1 aromatic carbocycles. The number of fused-ring (bicyclic) bond motifs is 3. The predicted octanol–water partition coefficient (Wildman–Crippen LogP) is 2.68. The van der Waals surface area contributed by atoms with Crippen LogP contribution in [0, 0.1) is 12.8 Å². The quantitative estimate of drug-likeness (QED) is 0.769. The molecule has 1 N–H and O–H groups in total. The van der Waals surface area contributed by atoms with Crippen LogP contribution in [0.1, 0.15) is 28.3 Å². The number of thiazole rings is 1. The van der Waals surface area contributed by atoms with E-state index in [-0.39, 0.29) is 42.0 Å². The monoisotopic (exact) mass is 445 g/mol. The topological polar surface area (TPSA) is 68.8 Å². The Morgan fingerprint density at radius 2 is 2.03 bits per heavy atom. The Morgan fingerprint density at radius 3 is 2.73 bits per heavy atom. The number of hydrogen-bond acceptors (Lipinski definition) is 6. The van der Waals surface area contributed by atoms with Crippen LogP contribution in [0.15, 0.2) is 29.6 Å². The highest BCUT2D eigenvalue weighted by Gasteiger charge is 2.61. The molecule has 0 bridgehead atoms. The number of carbonyl (C=O) groups is 2. The van der Waals surface area contributed by atoms with Gasteiger partial charge in [-0.2, -0.15) is 0 Å². The molecule has 3 aliphatic rings. The molecule has 3 aliphatic heterocycles. The highest BCUT2D eigenvalue weighted by atomic mass is 35.5. The van der Waals surface area contributed by atoms with Crippen molar-refractivity contribution in [1.29, 1.82) is 0 Å². The fourth-order valence-electron chi connectivity index (χ4n) is 5.40. The number of rotatable bonds is 2. The molecule has 3 saturated heterocycles. The smallest absolute Gasteiger partial charge is 0.322 e. The fourth-order valence-corrected chi connectivity index (χ4v) is 6.51. The Labute approximate surface area is 184 Å². The summed E-state index contributed by atoms with van der Waals surface area (Å²) in [6, 6.07) is 7.01. The van der Waals surface area contributed by atoms with Crippen LogP contribution in [0.25, 0.3) is 0 Å². The van der Waals surface area contributed by atoms with Gasteiger partial charge in [0.05, 0.1) is 24.0 Å². The number of amides is 3. The van der Waals surface area contributed by atoms with Gasteiger partial charge in [0, 0.05) is 49.3 Å². The molecule has 2 aromatic rings. The summed E-state index contributed by atoms with van der Waals surface area (Å²) in [5, 5.41) is 7.31. The zero-order valence-corrected chi connectivity index (χ0v) is 18.7. The summed E-state index contributed by atoms with van der Waals surface area (Å²) >= 11 is 7.95. The Kier molecular flexibility index (Phi) is 4.85. The molecule has 5 rings (SSSR count). The lowest BCUT2D eigenvalue weighted by molar-refractivity contribution is -0.137. The van der Waals surface area contributed by atoms with Crippen molar-refractivity contribution in [2.24, 2.45) is 5.92 Å². The molecular formula is C21H24ClN5O2S. The minimum Gasteiger partial charge on any atom is -0.322 e. The number of nitrogens with zero attached hydrogens (tertiary/aromatic N) is 4. The molecule has 158 valence electrons. The summed E-state index contributed by atoms with van der Waals surface area (Å²) in [6.07, 6.45) is 0. The highest BCUT2D eigenvalue weighted by molar-refractivity contribution is 7.09. The maximum Gasteiger partial charge on any atom is 0.326 e. The van der Waals surface area contributed by atoms with Gasteiger partial charge >= 0.3 is 6.03 Å².